The van der Waals surface area contributed by atoms with Gasteiger partial charge in [-0.15, -0.1) is 0 Å². The van der Waals surface area contributed by atoms with E-state index in [-0.39, 0.29) is 6.61 Å². The summed E-state index contributed by atoms with van der Waals surface area (Å²) < 4.78 is 16.1. The molecule has 7 nitrogen and oxygen atoms in total. The van der Waals surface area contributed by atoms with Gasteiger partial charge in [0.2, 0.25) is 11.7 Å². The molecule has 0 bridgehead atoms. The summed E-state index contributed by atoms with van der Waals surface area (Å²) in [4.78, 5) is 4.26. The van der Waals surface area contributed by atoms with Crippen LogP contribution in [0.4, 0.5) is 0 Å². The van der Waals surface area contributed by atoms with Gasteiger partial charge in [-0.1, -0.05) is 10.3 Å². The van der Waals surface area contributed by atoms with E-state index in [1.807, 2.05) is 26.0 Å². The maximum absolute atomic E-state index is 8.98. The van der Waals surface area contributed by atoms with E-state index in [9.17, 15) is 0 Å². The molecule has 1 aromatic carbocycles. The summed E-state index contributed by atoms with van der Waals surface area (Å²) in [5.41, 5.74) is 3.52. The molecule has 7 heteroatoms. The van der Waals surface area contributed by atoms with Crippen molar-refractivity contribution in [3.05, 3.63) is 46.7 Å². The Hall–Kier alpha value is -2.67. The highest BCUT2D eigenvalue weighted by molar-refractivity contribution is 5.60. The van der Waals surface area contributed by atoms with Gasteiger partial charge in [-0.3, -0.25) is 0 Å². The van der Waals surface area contributed by atoms with E-state index in [2.05, 4.69) is 15.3 Å². The maximum Gasteiger partial charge on any atom is 0.223 e. The molecule has 0 aliphatic rings. The van der Waals surface area contributed by atoms with Gasteiger partial charge in [0.05, 0.1) is 13.2 Å². The van der Waals surface area contributed by atoms with Crippen molar-refractivity contribution in [2.45, 2.75) is 40.2 Å². The van der Waals surface area contributed by atoms with E-state index >= 15 is 0 Å². The Kier molecular flexibility index (Phi) is 5.14. The highest BCUT2D eigenvalue weighted by Crippen LogP contribution is 2.29. The van der Waals surface area contributed by atoms with Crippen molar-refractivity contribution >= 4 is 0 Å². The number of nitrogens with zero attached hydrogens (tertiary/aromatic N) is 3. The minimum absolute atomic E-state index is 0.107. The summed E-state index contributed by atoms with van der Waals surface area (Å²) in [5.74, 6) is 2.75. The van der Waals surface area contributed by atoms with Crippen LogP contribution in [0.5, 0.6) is 5.75 Å². The molecule has 0 saturated heterocycles. The number of aliphatic hydroxyl groups is 1. The number of aliphatic hydroxyl groups excluding tert-OH is 1. The Labute approximate surface area is 145 Å². The van der Waals surface area contributed by atoms with Crippen LogP contribution in [-0.2, 0) is 13.0 Å². The van der Waals surface area contributed by atoms with E-state index in [0.29, 0.717) is 30.4 Å². The van der Waals surface area contributed by atoms with Gasteiger partial charge in [0, 0.05) is 25.0 Å². The minimum Gasteiger partial charge on any atom is -0.493 e. The smallest absolute Gasteiger partial charge is 0.223 e. The van der Waals surface area contributed by atoms with Gasteiger partial charge in [0.1, 0.15) is 17.2 Å². The zero-order chi connectivity index (χ0) is 17.8. The molecule has 1 N–H and O–H groups in total. The van der Waals surface area contributed by atoms with Crippen LogP contribution in [-0.4, -0.2) is 27.0 Å². The fourth-order valence-corrected chi connectivity index (χ4v) is 2.69. The highest BCUT2D eigenvalue weighted by atomic mass is 16.5. The lowest BCUT2D eigenvalue weighted by Gasteiger charge is -2.13. The van der Waals surface area contributed by atoms with Crippen molar-refractivity contribution in [2.75, 3.05) is 6.61 Å². The first-order valence-corrected chi connectivity index (χ1v) is 8.17. The summed E-state index contributed by atoms with van der Waals surface area (Å²) in [6.45, 7) is 6.24. The fourth-order valence-electron chi connectivity index (χ4n) is 2.69. The Morgan fingerprint density at radius 2 is 1.80 bits per heavy atom. The lowest BCUT2D eigenvalue weighted by atomic mass is 10.1. The average Bonchev–Trinajstić information content (AvgIpc) is 3.22. The molecule has 2 heterocycles. The van der Waals surface area contributed by atoms with Crippen LogP contribution in [0.15, 0.2) is 27.2 Å². The molecule has 0 fully saturated rings. The largest absolute Gasteiger partial charge is 0.493 e. The van der Waals surface area contributed by atoms with Crippen molar-refractivity contribution in [2.24, 2.45) is 0 Å². The first kappa shape index (κ1) is 17.2. The predicted octanol–water partition coefficient (Wildman–Crippen LogP) is 3.15. The molecule has 3 aromatic rings. The number of hydrogen-bond acceptors (Lipinski definition) is 7. The van der Waals surface area contributed by atoms with Gasteiger partial charge in [-0.25, -0.2) is 0 Å². The monoisotopic (exact) mass is 343 g/mol. The molecular formula is C18H21N3O4. The lowest BCUT2D eigenvalue weighted by Crippen LogP contribution is -2.02. The summed E-state index contributed by atoms with van der Waals surface area (Å²) in [6, 6.07) is 5.76. The van der Waals surface area contributed by atoms with E-state index in [1.165, 1.54) is 0 Å². The second kappa shape index (κ2) is 7.48. The summed E-state index contributed by atoms with van der Waals surface area (Å²) in [6.07, 6.45) is 1.51. The maximum atomic E-state index is 8.98. The highest BCUT2D eigenvalue weighted by Gasteiger charge is 2.12. The first-order valence-electron chi connectivity index (χ1n) is 8.17. The van der Waals surface area contributed by atoms with Crippen LogP contribution in [0, 0.1) is 20.8 Å². The number of ether oxygens (including phenoxy) is 1. The molecule has 0 spiro atoms. The number of aryl methyl sites for hydroxylation is 4. The van der Waals surface area contributed by atoms with E-state index in [4.69, 9.17) is 18.9 Å². The van der Waals surface area contributed by atoms with Crippen molar-refractivity contribution in [1.82, 2.24) is 15.3 Å². The van der Waals surface area contributed by atoms with E-state index in [0.717, 1.165) is 34.6 Å². The second-order valence-corrected chi connectivity index (χ2v) is 5.97. The van der Waals surface area contributed by atoms with Crippen LogP contribution in [0.1, 0.15) is 34.9 Å². The number of benzene rings is 1. The zero-order valence-corrected chi connectivity index (χ0v) is 14.6. The van der Waals surface area contributed by atoms with Crippen molar-refractivity contribution < 1.29 is 18.9 Å². The minimum atomic E-state index is -0.107. The number of hydrogen-bond donors (Lipinski definition) is 1. The normalized spacial score (nSPS) is 11.0. The van der Waals surface area contributed by atoms with Crippen LogP contribution in [0.3, 0.4) is 0 Å². The molecule has 0 amide bonds. The van der Waals surface area contributed by atoms with Gasteiger partial charge in [0.25, 0.3) is 0 Å². The van der Waals surface area contributed by atoms with Gasteiger partial charge in [0.15, 0.2) is 0 Å². The predicted molar refractivity (Wildman–Crippen MR) is 90.2 cm³/mol. The summed E-state index contributed by atoms with van der Waals surface area (Å²) in [5, 5.41) is 16.7. The van der Waals surface area contributed by atoms with Gasteiger partial charge in [-0.2, -0.15) is 4.98 Å². The molecule has 25 heavy (non-hydrogen) atoms. The second-order valence-electron chi connectivity index (χ2n) is 5.97. The topological polar surface area (TPSA) is 94.4 Å². The fraction of sp³-hybridized carbons (Fsp3) is 0.389. The van der Waals surface area contributed by atoms with Crippen molar-refractivity contribution in [3.8, 4) is 17.1 Å². The first-order chi connectivity index (χ1) is 12.1. The lowest BCUT2D eigenvalue weighted by molar-refractivity contribution is 0.263. The molecule has 3 rings (SSSR count). The van der Waals surface area contributed by atoms with Crippen LogP contribution in [0.2, 0.25) is 0 Å². The summed E-state index contributed by atoms with van der Waals surface area (Å²) in [7, 11) is 0. The Morgan fingerprint density at radius 1 is 1.04 bits per heavy atom. The van der Waals surface area contributed by atoms with Crippen LogP contribution in [0.25, 0.3) is 11.4 Å². The Bertz CT molecular complexity index is 831. The number of rotatable bonds is 7. The van der Waals surface area contributed by atoms with Crippen LogP contribution < -0.4 is 4.74 Å². The SMILES string of the molecule is Cc1nc(-c2cc(C)c(OCCCc3cc(CO)no3)c(C)c2)no1. The molecule has 0 aliphatic carbocycles. The van der Waals surface area contributed by atoms with E-state index in [1.54, 1.807) is 13.0 Å². The third-order valence-electron chi connectivity index (χ3n) is 3.83. The molecule has 0 aliphatic heterocycles. The third-order valence-corrected chi connectivity index (χ3v) is 3.83. The van der Waals surface area contributed by atoms with Crippen LogP contribution >= 0.6 is 0 Å². The standard InChI is InChI=1S/C18H21N3O4/c1-11-7-14(18-19-13(3)24-21-18)8-12(2)17(11)23-6-4-5-16-9-15(10-22)20-25-16/h7-9,22H,4-6,10H2,1-3H3. The van der Waals surface area contributed by atoms with E-state index < -0.39 is 0 Å². The molecule has 0 radical (unpaired) electrons. The molecule has 132 valence electrons. The quantitative estimate of drug-likeness (QED) is 0.658. The Morgan fingerprint density at radius 3 is 2.40 bits per heavy atom. The van der Waals surface area contributed by atoms with Gasteiger partial charge < -0.3 is 18.9 Å². The number of aromatic nitrogens is 3. The molecule has 0 unspecified atom stereocenters. The molecule has 0 saturated carbocycles. The van der Waals surface area contributed by atoms with Gasteiger partial charge >= 0.3 is 0 Å². The summed E-state index contributed by atoms with van der Waals surface area (Å²) >= 11 is 0. The molecular weight excluding hydrogens is 322 g/mol. The van der Waals surface area contributed by atoms with Gasteiger partial charge in [-0.05, 0) is 43.5 Å². The Balaban J connectivity index is 1.60. The molecule has 0 atom stereocenters. The zero-order valence-electron chi connectivity index (χ0n) is 14.6. The van der Waals surface area contributed by atoms with Crippen molar-refractivity contribution in [3.63, 3.8) is 0 Å². The van der Waals surface area contributed by atoms with Crippen molar-refractivity contribution in [1.29, 1.82) is 0 Å². The average molecular weight is 343 g/mol. The third kappa shape index (κ3) is 4.06. The molecule has 2 aromatic heterocycles.